The average Bonchev–Trinajstić information content (AvgIpc) is 2.85. The van der Waals surface area contributed by atoms with Gasteiger partial charge in [0.2, 0.25) is 5.91 Å². The van der Waals surface area contributed by atoms with E-state index in [9.17, 15) is 4.79 Å². The van der Waals surface area contributed by atoms with Crippen LogP contribution in [0.1, 0.15) is 55.3 Å². The summed E-state index contributed by atoms with van der Waals surface area (Å²) in [5.41, 5.74) is 12.2. The first kappa shape index (κ1) is 23.2. The molecule has 1 aromatic heterocycles. The van der Waals surface area contributed by atoms with Crippen LogP contribution < -0.4 is 16.4 Å². The van der Waals surface area contributed by atoms with Crippen molar-refractivity contribution in [1.29, 1.82) is 0 Å². The molecule has 1 aliphatic carbocycles. The third-order valence-electron chi connectivity index (χ3n) is 6.51. The third kappa shape index (κ3) is 6.32. The number of hydrogen-bond donors (Lipinski definition) is 3. The van der Waals surface area contributed by atoms with Gasteiger partial charge in [-0.05, 0) is 62.1 Å². The first-order valence-corrected chi connectivity index (χ1v) is 12.4. The van der Waals surface area contributed by atoms with Crippen LogP contribution in [-0.2, 0) is 24.1 Å². The molecule has 4 N–H and O–H groups in total. The highest BCUT2D eigenvalue weighted by atomic mass is 16.2. The first-order valence-electron chi connectivity index (χ1n) is 12.4. The van der Waals surface area contributed by atoms with Gasteiger partial charge in [0.05, 0.1) is 11.6 Å². The smallest absolute Gasteiger partial charge is 0.237 e. The number of hydrogen-bond acceptors (Lipinski definition) is 4. The number of unbranched alkanes of at least 4 members (excludes halogenated alkanes) is 3. The van der Waals surface area contributed by atoms with E-state index in [1.54, 1.807) is 0 Å². The monoisotopic (exact) mass is 444 g/mol. The highest BCUT2D eigenvalue weighted by Crippen LogP contribution is 2.33. The number of nitrogens with one attached hydrogen (secondary N) is 2. The molecule has 5 heteroatoms. The number of carbonyl (C=O) groups is 1. The number of pyridine rings is 1. The van der Waals surface area contributed by atoms with E-state index in [2.05, 4.69) is 34.9 Å². The van der Waals surface area contributed by atoms with Gasteiger partial charge in [0.1, 0.15) is 0 Å². The zero-order chi connectivity index (χ0) is 22.9. The molecule has 1 aliphatic rings. The van der Waals surface area contributed by atoms with E-state index >= 15 is 0 Å². The molecule has 0 bridgehead atoms. The van der Waals surface area contributed by atoms with Crippen LogP contribution >= 0.6 is 0 Å². The third-order valence-corrected chi connectivity index (χ3v) is 6.51. The number of benzene rings is 2. The molecule has 0 saturated carbocycles. The Morgan fingerprint density at radius 3 is 2.48 bits per heavy atom. The summed E-state index contributed by atoms with van der Waals surface area (Å²) in [6, 6.07) is 17.9. The minimum atomic E-state index is -0.488. The number of aryl methyl sites for hydroxylation is 1. The minimum absolute atomic E-state index is 0.0603. The van der Waals surface area contributed by atoms with Gasteiger partial charge in [-0.3, -0.25) is 9.78 Å². The molecule has 0 unspecified atom stereocenters. The number of para-hydroxylation sites is 1. The number of aromatic nitrogens is 1. The highest BCUT2D eigenvalue weighted by molar-refractivity contribution is 5.93. The molecule has 1 heterocycles. The molecule has 1 atom stereocenters. The molecule has 0 spiro atoms. The maximum atomic E-state index is 12.2. The highest BCUT2D eigenvalue weighted by Gasteiger charge is 2.17. The second-order valence-electron chi connectivity index (χ2n) is 9.06. The number of anilines is 1. The molecular weight excluding hydrogens is 408 g/mol. The Bertz CT molecular complexity index is 1050. The maximum absolute atomic E-state index is 12.2. The standard InChI is InChI=1S/C28H36N4O/c29-24(20-21-12-4-3-5-13-21)28(33)31-19-11-2-1-10-18-30-27-22-14-6-8-16-25(22)32-26-17-9-7-15-23(26)27/h3-6,8,12-14,16,24H,1-2,7,9-11,15,17-20,29H2,(H,30,32)(H,31,33)/t24-/m0/s1. The Morgan fingerprint density at radius 1 is 0.909 bits per heavy atom. The number of nitrogens with two attached hydrogens (primary N) is 1. The predicted octanol–water partition coefficient (Wildman–Crippen LogP) is 4.77. The van der Waals surface area contributed by atoms with Crippen molar-refractivity contribution in [3.63, 3.8) is 0 Å². The van der Waals surface area contributed by atoms with Gasteiger partial charge < -0.3 is 16.4 Å². The zero-order valence-corrected chi connectivity index (χ0v) is 19.5. The van der Waals surface area contributed by atoms with E-state index in [1.165, 1.54) is 35.2 Å². The molecule has 2 aromatic carbocycles. The van der Waals surface area contributed by atoms with Crippen LogP contribution in [0.2, 0.25) is 0 Å². The van der Waals surface area contributed by atoms with Crippen molar-refractivity contribution in [2.45, 2.75) is 63.8 Å². The summed E-state index contributed by atoms with van der Waals surface area (Å²) in [7, 11) is 0. The molecule has 33 heavy (non-hydrogen) atoms. The normalized spacial score (nSPS) is 14.0. The van der Waals surface area contributed by atoms with Gasteiger partial charge in [0.25, 0.3) is 0 Å². The molecule has 5 nitrogen and oxygen atoms in total. The van der Waals surface area contributed by atoms with Gasteiger partial charge in [-0.15, -0.1) is 0 Å². The number of carbonyl (C=O) groups excluding carboxylic acids is 1. The topological polar surface area (TPSA) is 80.0 Å². The molecule has 0 radical (unpaired) electrons. The van der Waals surface area contributed by atoms with Crippen molar-refractivity contribution in [3.05, 3.63) is 71.4 Å². The quantitative estimate of drug-likeness (QED) is 0.372. The predicted molar refractivity (Wildman–Crippen MR) is 136 cm³/mol. The summed E-state index contributed by atoms with van der Waals surface area (Å²) in [5.74, 6) is -0.0603. The summed E-state index contributed by atoms with van der Waals surface area (Å²) in [4.78, 5) is 17.1. The van der Waals surface area contributed by atoms with E-state index in [1.807, 2.05) is 30.3 Å². The van der Waals surface area contributed by atoms with Gasteiger partial charge in [-0.25, -0.2) is 0 Å². The van der Waals surface area contributed by atoms with Gasteiger partial charge in [-0.1, -0.05) is 61.4 Å². The van der Waals surface area contributed by atoms with Crippen molar-refractivity contribution in [3.8, 4) is 0 Å². The summed E-state index contributed by atoms with van der Waals surface area (Å²) in [5, 5.41) is 7.97. The number of amides is 1. The van der Waals surface area contributed by atoms with Crippen LogP contribution in [0.5, 0.6) is 0 Å². The molecule has 0 fully saturated rings. The summed E-state index contributed by atoms with van der Waals surface area (Å²) in [6.07, 6.45) is 9.64. The van der Waals surface area contributed by atoms with Gasteiger partial charge in [-0.2, -0.15) is 0 Å². The fourth-order valence-corrected chi connectivity index (χ4v) is 4.69. The van der Waals surface area contributed by atoms with Crippen LogP contribution in [-0.4, -0.2) is 30.0 Å². The minimum Gasteiger partial charge on any atom is -0.384 e. The fourth-order valence-electron chi connectivity index (χ4n) is 4.69. The van der Waals surface area contributed by atoms with Gasteiger partial charge in [0.15, 0.2) is 0 Å². The van der Waals surface area contributed by atoms with E-state index in [0.29, 0.717) is 13.0 Å². The largest absolute Gasteiger partial charge is 0.384 e. The van der Waals surface area contributed by atoms with Crippen molar-refractivity contribution < 1.29 is 4.79 Å². The number of nitrogens with zero attached hydrogens (tertiary/aromatic N) is 1. The summed E-state index contributed by atoms with van der Waals surface area (Å²) in [6.45, 7) is 1.66. The molecular formula is C28H36N4O. The van der Waals surface area contributed by atoms with E-state index in [4.69, 9.17) is 10.7 Å². The van der Waals surface area contributed by atoms with E-state index < -0.39 is 6.04 Å². The SMILES string of the molecule is N[C@@H](Cc1ccccc1)C(=O)NCCCCCCNc1c2c(nc3ccccc13)CCCC2. The van der Waals surface area contributed by atoms with Crippen molar-refractivity contribution in [2.24, 2.45) is 5.73 Å². The van der Waals surface area contributed by atoms with Crippen LogP contribution in [0.4, 0.5) is 5.69 Å². The lowest BCUT2D eigenvalue weighted by molar-refractivity contribution is -0.122. The number of fused-ring (bicyclic) bond motifs is 2. The Balaban J connectivity index is 1.16. The summed E-state index contributed by atoms with van der Waals surface area (Å²) >= 11 is 0. The van der Waals surface area contributed by atoms with Crippen molar-refractivity contribution >= 4 is 22.5 Å². The van der Waals surface area contributed by atoms with Crippen LogP contribution in [0, 0.1) is 0 Å². The maximum Gasteiger partial charge on any atom is 0.237 e. The lowest BCUT2D eigenvalue weighted by atomic mass is 9.92. The van der Waals surface area contributed by atoms with Crippen LogP contribution in [0.3, 0.4) is 0 Å². The molecule has 1 amide bonds. The lowest BCUT2D eigenvalue weighted by Crippen LogP contribution is -2.42. The molecule has 3 aromatic rings. The van der Waals surface area contributed by atoms with Crippen molar-refractivity contribution in [1.82, 2.24) is 10.3 Å². The first-order chi connectivity index (χ1) is 16.2. The van der Waals surface area contributed by atoms with Crippen LogP contribution in [0.15, 0.2) is 54.6 Å². The lowest BCUT2D eigenvalue weighted by Gasteiger charge is -2.21. The Labute approximate surface area is 197 Å². The second kappa shape index (κ2) is 11.8. The molecule has 0 aliphatic heterocycles. The Kier molecular flexibility index (Phi) is 8.31. The summed E-state index contributed by atoms with van der Waals surface area (Å²) < 4.78 is 0. The molecule has 4 rings (SSSR count). The van der Waals surface area contributed by atoms with E-state index in [-0.39, 0.29) is 5.91 Å². The number of rotatable bonds is 11. The molecule has 0 saturated heterocycles. The van der Waals surface area contributed by atoms with Crippen LogP contribution in [0.25, 0.3) is 10.9 Å². The Morgan fingerprint density at radius 2 is 1.64 bits per heavy atom. The Hall–Kier alpha value is -2.92. The van der Waals surface area contributed by atoms with Gasteiger partial charge in [0, 0.05) is 29.9 Å². The van der Waals surface area contributed by atoms with E-state index in [0.717, 1.165) is 56.1 Å². The molecule has 174 valence electrons. The fraction of sp³-hybridized carbons (Fsp3) is 0.429. The average molecular weight is 445 g/mol. The zero-order valence-electron chi connectivity index (χ0n) is 19.5. The van der Waals surface area contributed by atoms with Gasteiger partial charge >= 0.3 is 0 Å². The van der Waals surface area contributed by atoms with Crippen molar-refractivity contribution in [2.75, 3.05) is 18.4 Å². The second-order valence-corrected chi connectivity index (χ2v) is 9.06.